The van der Waals surface area contributed by atoms with Crippen molar-refractivity contribution in [2.45, 2.75) is 25.6 Å². The SMILES string of the molecule is CSc1nccc(-c2cc(-n3c(C)cc(OCc4ncc(F)cc4F)c(Cl)c3=O)c(C)cn2)n1. The van der Waals surface area contributed by atoms with Gasteiger partial charge in [-0.25, -0.2) is 18.7 Å². The molecular formula is C23H18ClF2N5O2S. The lowest BCUT2D eigenvalue weighted by Crippen LogP contribution is -2.23. The number of rotatable bonds is 6. The average Bonchev–Trinajstić information content (AvgIpc) is 2.82. The minimum atomic E-state index is -0.851. The predicted octanol–water partition coefficient (Wildman–Crippen LogP) is 4.93. The van der Waals surface area contributed by atoms with E-state index in [0.29, 0.717) is 34.0 Å². The zero-order valence-electron chi connectivity index (χ0n) is 18.3. The fourth-order valence-electron chi connectivity index (χ4n) is 3.26. The molecule has 11 heteroatoms. The number of hydrogen-bond acceptors (Lipinski definition) is 7. The van der Waals surface area contributed by atoms with Crippen molar-refractivity contribution in [3.8, 4) is 22.8 Å². The van der Waals surface area contributed by atoms with Crippen LogP contribution in [-0.2, 0) is 6.61 Å². The van der Waals surface area contributed by atoms with E-state index in [1.54, 1.807) is 37.5 Å². The van der Waals surface area contributed by atoms with Crippen molar-refractivity contribution in [2.75, 3.05) is 6.26 Å². The molecule has 174 valence electrons. The molecule has 0 aliphatic carbocycles. The first-order chi connectivity index (χ1) is 16.3. The van der Waals surface area contributed by atoms with Crippen LogP contribution in [-0.4, -0.2) is 30.8 Å². The maximum Gasteiger partial charge on any atom is 0.277 e. The maximum absolute atomic E-state index is 13.9. The van der Waals surface area contributed by atoms with Gasteiger partial charge in [0.2, 0.25) is 0 Å². The standard InChI is InChI=1S/C23H18ClF2N5O2S/c1-12-9-28-17(16-4-5-27-23(30-16)34-3)8-19(12)31-13(2)6-20(21(24)22(31)32)33-11-18-15(26)7-14(25)10-29-18/h4-10H,11H2,1-3H3. The van der Waals surface area contributed by atoms with Gasteiger partial charge in [-0.3, -0.25) is 19.3 Å². The summed E-state index contributed by atoms with van der Waals surface area (Å²) >= 11 is 7.74. The van der Waals surface area contributed by atoms with Crippen LogP contribution in [0.15, 0.2) is 52.8 Å². The van der Waals surface area contributed by atoms with E-state index >= 15 is 0 Å². The Labute approximate surface area is 202 Å². The molecule has 0 saturated heterocycles. The maximum atomic E-state index is 13.9. The van der Waals surface area contributed by atoms with E-state index in [-0.39, 0.29) is 23.1 Å². The Morgan fingerprint density at radius 3 is 2.62 bits per heavy atom. The highest BCUT2D eigenvalue weighted by atomic mass is 35.5. The van der Waals surface area contributed by atoms with E-state index in [4.69, 9.17) is 16.3 Å². The Bertz CT molecular complexity index is 1450. The van der Waals surface area contributed by atoms with Crippen molar-refractivity contribution in [2.24, 2.45) is 0 Å². The molecule has 7 nitrogen and oxygen atoms in total. The van der Waals surface area contributed by atoms with Crippen LogP contribution in [0.2, 0.25) is 5.02 Å². The Balaban J connectivity index is 1.71. The van der Waals surface area contributed by atoms with Crippen molar-refractivity contribution >= 4 is 23.4 Å². The van der Waals surface area contributed by atoms with E-state index in [1.165, 1.54) is 16.3 Å². The van der Waals surface area contributed by atoms with Crippen LogP contribution in [0.25, 0.3) is 17.1 Å². The average molecular weight is 502 g/mol. The lowest BCUT2D eigenvalue weighted by Gasteiger charge is -2.16. The quantitative estimate of drug-likeness (QED) is 0.273. The van der Waals surface area contributed by atoms with Crippen LogP contribution in [0.5, 0.6) is 5.75 Å². The molecule has 4 heterocycles. The summed E-state index contributed by atoms with van der Waals surface area (Å²) in [4.78, 5) is 30.0. The highest BCUT2D eigenvalue weighted by molar-refractivity contribution is 7.98. The van der Waals surface area contributed by atoms with E-state index < -0.39 is 17.2 Å². The highest BCUT2D eigenvalue weighted by Crippen LogP contribution is 2.27. The minimum Gasteiger partial charge on any atom is -0.485 e. The Kier molecular flexibility index (Phi) is 6.90. The molecule has 0 N–H and O–H groups in total. The van der Waals surface area contributed by atoms with Gasteiger partial charge in [-0.15, -0.1) is 0 Å². The van der Waals surface area contributed by atoms with Crippen molar-refractivity contribution in [3.05, 3.63) is 86.8 Å². The number of thioether (sulfide) groups is 1. The fourth-order valence-corrected chi connectivity index (χ4v) is 3.81. The lowest BCUT2D eigenvalue weighted by atomic mass is 10.1. The van der Waals surface area contributed by atoms with E-state index in [1.807, 2.05) is 13.2 Å². The summed E-state index contributed by atoms with van der Waals surface area (Å²) in [6.07, 6.45) is 6.06. The third-order valence-electron chi connectivity index (χ3n) is 4.94. The number of aryl methyl sites for hydroxylation is 2. The number of hydrogen-bond donors (Lipinski definition) is 0. The first-order valence-corrected chi connectivity index (χ1v) is 11.6. The van der Waals surface area contributed by atoms with Gasteiger partial charge in [0.05, 0.1) is 23.3 Å². The number of aromatic nitrogens is 5. The molecular weight excluding hydrogens is 484 g/mol. The number of nitrogens with zero attached hydrogens (tertiary/aromatic N) is 5. The van der Waals surface area contributed by atoms with Gasteiger partial charge in [0.25, 0.3) is 5.56 Å². The molecule has 0 radical (unpaired) electrons. The molecule has 0 saturated carbocycles. The van der Waals surface area contributed by atoms with Gasteiger partial charge in [0, 0.05) is 30.2 Å². The zero-order chi connectivity index (χ0) is 24.4. The molecule has 0 spiro atoms. The van der Waals surface area contributed by atoms with Crippen molar-refractivity contribution in [1.29, 1.82) is 0 Å². The monoisotopic (exact) mass is 501 g/mol. The minimum absolute atomic E-state index is 0.0679. The van der Waals surface area contributed by atoms with Gasteiger partial charge in [-0.05, 0) is 37.8 Å². The molecule has 0 aliphatic heterocycles. The Hall–Kier alpha value is -3.37. The number of halogens is 3. The number of ether oxygens (including phenoxy) is 1. The van der Waals surface area contributed by atoms with Crippen LogP contribution in [0, 0.1) is 25.5 Å². The largest absolute Gasteiger partial charge is 0.485 e. The first-order valence-electron chi connectivity index (χ1n) is 9.97. The molecule has 4 aromatic rings. The van der Waals surface area contributed by atoms with Crippen LogP contribution in [0.4, 0.5) is 8.78 Å². The summed E-state index contributed by atoms with van der Waals surface area (Å²) in [6.45, 7) is 3.22. The second kappa shape index (κ2) is 9.86. The molecule has 4 aromatic heterocycles. The molecule has 0 aliphatic rings. The van der Waals surface area contributed by atoms with E-state index in [0.717, 1.165) is 11.8 Å². The smallest absolute Gasteiger partial charge is 0.277 e. The van der Waals surface area contributed by atoms with Gasteiger partial charge >= 0.3 is 0 Å². The summed E-state index contributed by atoms with van der Waals surface area (Å²) < 4.78 is 33.9. The molecule has 0 fully saturated rings. The third kappa shape index (κ3) is 4.78. The third-order valence-corrected chi connectivity index (χ3v) is 5.85. The fraction of sp³-hybridized carbons (Fsp3) is 0.174. The van der Waals surface area contributed by atoms with Crippen LogP contribution in [0.1, 0.15) is 17.0 Å². The van der Waals surface area contributed by atoms with Gasteiger partial charge in [0.15, 0.2) is 11.0 Å². The summed E-state index contributed by atoms with van der Waals surface area (Å²) in [6, 6.07) is 5.77. The molecule has 0 aromatic carbocycles. The predicted molar refractivity (Wildman–Crippen MR) is 126 cm³/mol. The molecule has 0 atom stereocenters. The van der Waals surface area contributed by atoms with Crippen LogP contribution >= 0.6 is 23.4 Å². The van der Waals surface area contributed by atoms with Crippen molar-refractivity contribution < 1.29 is 13.5 Å². The lowest BCUT2D eigenvalue weighted by molar-refractivity contribution is 0.292. The number of pyridine rings is 3. The van der Waals surface area contributed by atoms with E-state index in [2.05, 4.69) is 19.9 Å². The molecule has 0 bridgehead atoms. The topological polar surface area (TPSA) is 82.8 Å². The van der Waals surface area contributed by atoms with Crippen molar-refractivity contribution in [1.82, 2.24) is 24.5 Å². The second-order valence-corrected chi connectivity index (χ2v) is 8.41. The summed E-state index contributed by atoms with van der Waals surface area (Å²) in [7, 11) is 0. The summed E-state index contributed by atoms with van der Waals surface area (Å²) in [5, 5.41) is 0.420. The molecule has 0 unspecified atom stereocenters. The first kappa shape index (κ1) is 23.8. The van der Waals surface area contributed by atoms with Crippen LogP contribution in [0.3, 0.4) is 0 Å². The summed E-state index contributed by atoms with van der Waals surface area (Å²) in [5.41, 5.74) is 2.42. The molecule has 34 heavy (non-hydrogen) atoms. The zero-order valence-corrected chi connectivity index (χ0v) is 19.9. The van der Waals surface area contributed by atoms with Gasteiger partial charge < -0.3 is 4.74 Å². The molecule has 4 rings (SSSR count). The second-order valence-electron chi connectivity index (χ2n) is 7.26. The normalized spacial score (nSPS) is 11.0. The van der Waals surface area contributed by atoms with Crippen molar-refractivity contribution in [3.63, 3.8) is 0 Å². The van der Waals surface area contributed by atoms with Crippen LogP contribution < -0.4 is 10.3 Å². The van der Waals surface area contributed by atoms with Gasteiger partial charge in [-0.2, -0.15) is 0 Å². The van der Waals surface area contributed by atoms with Gasteiger partial charge in [-0.1, -0.05) is 23.4 Å². The Morgan fingerprint density at radius 1 is 1.09 bits per heavy atom. The highest BCUT2D eigenvalue weighted by Gasteiger charge is 2.17. The molecule has 0 amide bonds. The Morgan fingerprint density at radius 2 is 1.88 bits per heavy atom. The van der Waals surface area contributed by atoms with Gasteiger partial charge in [0.1, 0.15) is 28.9 Å². The summed E-state index contributed by atoms with van der Waals surface area (Å²) in [5.74, 6) is -1.58. The van der Waals surface area contributed by atoms with E-state index in [9.17, 15) is 13.6 Å².